The smallest absolute Gasteiger partial charge is 0.120 e. The fraction of sp³-hybridized carbons (Fsp3) is 0.625. The fourth-order valence-electron chi connectivity index (χ4n) is 2.32. The first-order valence-electron chi connectivity index (χ1n) is 7.08. The second-order valence-corrected chi connectivity index (χ2v) is 5.87. The first-order valence-corrected chi connectivity index (χ1v) is 7.08. The van der Waals surface area contributed by atoms with Gasteiger partial charge in [0.05, 0.1) is 6.10 Å². The zero-order valence-electron chi connectivity index (χ0n) is 12.0. The summed E-state index contributed by atoms with van der Waals surface area (Å²) in [5, 5.41) is 3.61. The van der Waals surface area contributed by atoms with Gasteiger partial charge in [-0.1, -0.05) is 12.8 Å². The SMILES string of the molecule is Cc1cc(OC(C)C)ccc1NC(C)CC1CC1. The largest absolute Gasteiger partial charge is 0.491 e. The predicted octanol–water partition coefficient (Wildman–Crippen LogP) is 4.38. The first-order chi connectivity index (χ1) is 8.54. The van der Waals surface area contributed by atoms with Crippen LogP contribution in [0.15, 0.2) is 18.2 Å². The van der Waals surface area contributed by atoms with Crippen LogP contribution in [0, 0.1) is 12.8 Å². The molecule has 1 unspecified atom stereocenters. The number of rotatable bonds is 6. The van der Waals surface area contributed by atoms with Crippen molar-refractivity contribution in [2.45, 2.75) is 59.1 Å². The predicted molar refractivity (Wildman–Crippen MR) is 77.4 cm³/mol. The van der Waals surface area contributed by atoms with Crippen LogP contribution in [0.2, 0.25) is 0 Å². The maximum Gasteiger partial charge on any atom is 0.120 e. The molecule has 2 nitrogen and oxygen atoms in total. The quantitative estimate of drug-likeness (QED) is 0.805. The minimum Gasteiger partial charge on any atom is -0.491 e. The Balaban J connectivity index is 1.95. The second kappa shape index (κ2) is 5.64. The van der Waals surface area contributed by atoms with E-state index in [0.29, 0.717) is 6.04 Å². The molecule has 0 saturated heterocycles. The number of nitrogens with one attached hydrogen (secondary N) is 1. The monoisotopic (exact) mass is 247 g/mol. The van der Waals surface area contributed by atoms with Gasteiger partial charge in [-0.3, -0.25) is 0 Å². The second-order valence-electron chi connectivity index (χ2n) is 5.87. The number of aryl methyl sites for hydroxylation is 1. The van der Waals surface area contributed by atoms with Crippen molar-refractivity contribution in [1.82, 2.24) is 0 Å². The van der Waals surface area contributed by atoms with Crippen molar-refractivity contribution in [2.24, 2.45) is 5.92 Å². The van der Waals surface area contributed by atoms with E-state index in [4.69, 9.17) is 4.74 Å². The molecule has 1 atom stereocenters. The molecule has 1 aromatic carbocycles. The summed E-state index contributed by atoms with van der Waals surface area (Å²) in [6.45, 7) is 8.52. The van der Waals surface area contributed by atoms with Gasteiger partial charge in [0.2, 0.25) is 0 Å². The maximum atomic E-state index is 5.70. The van der Waals surface area contributed by atoms with Crippen molar-refractivity contribution >= 4 is 5.69 Å². The highest BCUT2D eigenvalue weighted by atomic mass is 16.5. The van der Waals surface area contributed by atoms with E-state index in [2.05, 4.69) is 51.2 Å². The van der Waals surface area contributed by atoms with Crippen LogP contribution in [0.4, 0.5) is 5.69 Å². The van der Waals surface area contributed by atoms with E-state index in [1.54, 1.807) is 0 Å². The van der Waals surface area contributed by atoms with Gasteiger partial charge in [-0.2, -0.15) is 0 Å². The molecule has 1 N–H and O–H groups in total. The number of hydrogen-bond acceptors (Lipinski definition) is 2. The van der Waals surface area contributed by atoms with Crippen LogP contribution in [0.3, 0.4) is 0 Å². The van der Waals surface area contributed by atoms with Gasteiger partial charge in [0.15, 0.2) is 0 Å². The third kappa shape index (κ3) is 3.94. The molecular formula is C16H25NO. The van der Waals surface area contributed by atoms with Gasteiger partial charge >= 0.3 is 0 Å². The van der Waals surface area contributed by atoms with Crippen LogP contribution < -0.4 is 10.1 Å². The van der Waals surface area contributed by atoms with Gasteiger partial charge < -0.3 is 10.1 Å². The van der Waals surface area contributed by atoms with Crippen molar-refractivity contribution in [2.75, 3.05) is 5.32 Å². The molecule has 0 aliphatic heterocycles. The molecule has 1 aliphatic carbocycles. The summed E-state index contributed by atoms with van der Waals surface area (Å²) < 4.78 is 5.70. The van der Waals surface area contributed by atoms with Crippen LogP contribution in [-0.4, -0.2) is 12.1 Å². The van der Waals surface area contributed by atoms with E-state index in [9.17, 15) is 0 Å². The number of hydrogen-bond donors (Lipinski definition) is 1. The highest BCUT2D eigenvalue weighted by Gasteiger charge is 2.23. The fourth-order valence-corrected chi connectivity index (χ4v) is 2.32. The normalized spacial score (nSPS) is 16.7. The van der Waals surface area contributed by atoms with E-state index in [1.165, 1.54) is 30.5 Å². The lowest BCUT2D eigenvalue weighted by Crippen LogP contribution is -2.16. The van der Waals surface area contributed by atoms with Crippen LogP contribution in [-0.2, 0) is 0 Å². The Hall–Kier alpha value is -1.18. The molecular weight excluding hydrogens is 222 g/mol. The zero-order chi connectivity index (χ0) is 13.1. The molecule has 0 bridgehead atoms. The lowest BCUT2D eigenvalue weighted by molar-refractivity contribution is 0.242. The Morgan fingerprint density at radius 2 is 2.00 bits per heavy atom. The minimum absolute atomic E-state index is 0.233. The highest BCUT2D eigenvalue weighted by Crippen LogP contribution is 2.34. The Bertz CT molecular complexity index is 396. The summed E-state index contributed by atoms with van der Waals surface area (Å²) in [7, 11) is 0. The lowest BCUT2D eigenvalue weighted by atomic mass is 10.1. The summed E-state index contributed by atoms with van der Waals surface area (Å²) in [4.78, 5) is 0. The van der Waals surface area contributed by atoms with Gasteiger partial charge in [-0.25, -0.2) is 0 Å². The van der Waals surface area contributed by atoms with E-state index >= 15 is 0 Å². The molecule has 1 aromatic rings. The molecule has 18 heavy (non-hydrogen) atoms. The van der Waals surface area contributed by atoms with Crippen LogP contribution >= 0.6 is 0 Å². The Labute approximate surface area is 111 Å². The molecule has 1 aliphatic rings. The van der Waals surface area contributed by atoms with Crippen molar-refractivity contribution in [3.05, 3.63) is 23.8 Å². The van der Waals surface area contributed by atoms with Crippen LogP contribution in [0.5, 0.6) is 5.75 Å². The Morgan fingerprint density at radius 3 is 2.56 bits per heavy atom. The summed E-state index contributed by atoms with van der Waals surface area (Å²) in [6, 6.07) is 6.87. The summed E-state index contributed by atoms with van der Waals surface area (Å²) in [5.74, 6) is 1.93. The van der Waals surface area contributed by atoms with Gasteiger partial charge in [-0.05, 0) is 63.8 Å². The average Bonchev–Trinajstić information content (AvgIpc) is 3.05. The molecule has 0 aromatic heterocycles. The zero-order valence-corrected chi connectivity index (χ0v) is 12.0. The van der Waals surface area contributed by atoms with E-state index < -0.39 is 0 Å². The lowest BCUT2D eigenvalue weighted by Gasteiger charge is -2.18. The third-order valence-corrected chi connectivity index (χ3v) is 3.36. The van der Waals surface area contributed by atoms with E-state index in [-0.39, 0.29) is 6.10 Å². The van der Waals surface area contributed by atoms with Crippen molar-refractivity contribution < 1.29 is 4.74 Å². The van der Waals surface area contributed by atoms with Gasteiger partial charge in [0.25, 0.3) is 0 Å². The van der Waals surface area contributed by atoms with Crippen LogP contribution in [0.25, 0.3) is 0 Å². The molecule has 0 spiro atoms. The average molecular weight is 247 g/mol. The number of benzene rings is 1. The number of anilines is 1. The summed E-state index contributed by atoms with van der Waals surface area (Å²) in [5.41, 5.74) is 2.50. The molecule has 2 rings (SSSR count). The third-order valence-electron chi connectivity index (χ3n) is 3.36. The Morgan fingerprint density at radius 1 is 1.28 bits per heavy atom. The van der Waals surface area contributed by atoms with Crippen molar-refractivity contribution in [3.63, 3.8) is 0 Å². The molecule has 1 saturated carbocycles. The topological polar surface area (TPSA) is 21.3 Å². The van der Waals surface area contributed by atoms with Gasteiger partial charge in [0.1, 0.15) is 5.75 Å². The van der Waals surface area contributed by atoms with Crippen LogP contribution in [0.1, 0.15) is 45.6 Å². The van der Waals surface area contributed by atoms with E-state index in [0.717, 1.165) is 11.7 Å². The molecule has 0 heterocycles. The number of ether oxygens (including phenoxy) is 1. The van der Waals surface area contributed by atoms with Crippen molar-refractivity contribution in [1.29, 1.82) is 0 Å². The van der Waals surface area contributed by atoms with Crippen molar-refractivity contribution in [3.8, 4) is 5.75 Å². The standard InChI is InChI=1S/C16H25NO/c1-11(2)18-15-7-8-16(12(3)9-15)17-13(4)10-14-5-6-14/h7-9,11,13-14,17H,5-6,10H2,1-4H3. The molecule has 2 heteroatoms. The molecule has 0 amide bonds. The highest BCUT2D eigenvalue weighted by molar-refractivity contribution is 5.54. The molecule has 1 fully saturated rings. The molecule has 0 radical (unpaired) electrons. The molecule has 100 valence electrons. The first kappa shape index (κ1) is 13.3. The summed E-state index contributed by atoms with van der Waals surface area (Å²) in [6.07, 6.45) is 4.37. The van der Waals surface area contributed by atoms with E-state index in [1.807, 2.05) is 0 Å². The Kier molecular flexibility index (Phi) is 4.15. The summed E-state index contributed by atoms with van der Waals surface area (Å²) >= 11 is 0. The van der Waals surface area contributed by atoms with Gasteiger partial charge in [0, 0.05) is 11.7 Å². The van der Waals surface area contributed by atoms with Gasteiger partial charge in [-0.15, -0.1) is 0 Å². The minimum atomic E-state index is 0.233. The maximum absolute atomic E-state index is 5.70.